The lowest BCUT2D eigenvalue weighted by Gasteiger charge is -2.02. The SMILES string of the molecule is O=C(NCCc1cccs1)c1sccc1C#CCO. The molecule has 0 aliphatic heterocycles. The molecular formula is C14H13NO2S2. The number of hydrogen-bond acceptors (Lipinski definition) is 4. The summed E-state index contributed by atoms with van der Waals surface area (Å²) in [4.78, 5) is 13.9. The first-order chi connectivity index (χ1) is 9.31. The normalized spacial score (nSPS) is 9.74. The average molecular weight is 291 g/mol. The van der Waals surface area contributed by atoms with E-state index in [1.165, 1.54) is 16.2 Å². The van der Waals surface area contributed by atoms with E-state index >= 15 is 0 Å². The highest BCUT2D eigenvalue weighted by atomic mass is 32.1. The van der Waals surface area contributed by atoms with Gasteiger partial charge in [0.2, 0.25) is 0 Å². The van der Waals surface area contributed by atoms with E-state index in [1.54, 1.807) is 17.4 Å². The molecule has 98 valence electrons. The Labute approximate surface area is 119 Å². The smallest absolute Gasteiger partial charge is 0.262 e. The molecule has 2 heterocycles. The van der Waals surface area contributed by atoms with Crippen LogP contribution in [0.2, 0.25) is 0 Å². The number of aliphatic hydroxyl groups excluding tert-OH is 1. The molecule has 19 heavy (non-hydrogen) atoms. The van der Waals surface area contributed by atoms with Gasteiger partial charge in [-0.15, -0.1) is 22.7 Å². The standard InChI is InChI=1S/C14H13NO2S2/c16-8-1-3-11-6-10-19-13(11)14(17)15-7-5-12-4-2-9-18-12/h2,4,6,9-10,16H,5,7-8H2,(H,15,17). The average Bonchev–Trinajstić information content (AvgIpc) is 3.07. The third kappa shape index (κ3) is 3.93. The lowest BCUT2D eigenvalue weighted by molar-refractivity contribution is 0.0958. The van der Waals surface area contributed by atoms with E-state index in [0.717, 1.165) is 6.42 Å². The molecule has 3 nitrogen and oxygen atoms in total. The first-order valence-corrected chi connectivity index (χ1v) is 7.55. The van der Waals surface area contributed by atoms with E-state index in [4.69, 9.17) is 5.11 Å². The van der Waals surface area contributed by atoms with Crippen LogP contribution < -0.4 is 5.32 Å². The summed E-state index contributed by atoms with van der Waals surface area (Å²) in [6.07, 6.45) is 0.840. The van der Waals surface area contributed by atoms with Gasteiger partial charge in [0.15, 0.2) is 0 Å². The van der Waals surface area contributed by atoms with Crippen LogP contribution in [0.5, 0.6) is 0 Å². The van der Waals surface area contributed by atoms with Gasteiger partial charge < -0.3 is 10.4 Å². The molecule has 2 N–H and O–H groups in total. The summed E-state index contributed by atoms with van der Waals surface area (Å²) in [5.41, 5.74) is 0.674. The molecule has 0 aliphatic rings. The van der Waals surface area contributed by atoms with Gasteiger partial charge in [-0.05, 0) is 29.3 Å². The molecule has 0 bridgehead atoms. The van der Waals surface area contributed by atoms with Crippen molar-refractivity contribution < 1.29 is 9.90 Å². The van der Waals surface area contributed by atoms with Gasteiger partial charge in [-0.25, -0.2) is 0 Å². The van der Waals surface area contributed by atoms with Gasteiger partial charge in [0.25, 0.3) is 5.91 Å². The highest BCUT2D eigenvalue weighted by Crippen LogP contribution is 2.15. The van der Waals surface area contributed by atoms with Gasteiger partial charge in [-0.1, -0.05) is 17.9 Å². The molecule has 0 spiro atoms. The maximum absolute atomic E-state index is 12.0. The zero-order valence-corrected chi connectivity index (χ0v) is 11.8. The van der Waals surface area contributed by atoms with Crippen LogP contribution in [0.25, 0.3) is 0 Å². The zero-order chi connectivity index (χ0) is 13.5. The molecular weight excluding hydrogens is 278 g/mol. The third-order valence-corrected chi connectivity index (χ3v) is 4.26. The van der Waals surface area contributed by atoms with Gasteiger partial charge >= 0.3 is 0 Å². The maximum Gasteiger partial charge on any atom is 0.262 e. The lowest BCUT2D eigenvalue weighted by atomic mass is 10.2. The summed E-state index contributed by atoms with van der Waals surface area (Å²) >= 11 is 3.05. The Morgan fingerprint density at radius 1 is 1.32 bits per heavy atom. The van der Waals surface area contributed by atoms with Crippen molar-refractivity contribution in [3.63, 3.8) is 0 Å². The summed E-state index contributed by atoms with van der Waals surface area (Å²) in [7, 11) is 0. The van der Waals surface area contributed by atoms with Gasteiger partial charge in [-0.2, -0.15) is 0 Å². The molecule has 0 radical (unpaired) electrons. The van der Waals surface area contributed by atoms with Gasteiger partial charge in [0.1, 0.15) is 11.5 Å². The quantitative estimate of drug-likeness (QED) is 0.848. The Morgan fingerprint density at radius 2 is 2.21 bits per heavy atom. The van der Waals surface area contributed by atoms with E-state index in [0.29, 0.717) is 17.0 Å². The minimum atomic E-state index is -0.199. The first kappa shape index (κ1) is 13.8. The fourth-order valence-electron chi connectivity index (χ4n) is 1.55. The number of hydrogen-bond donors (Lipinski definition) is 2. The van der Waals surface area contributed by atoms with Crippen molar-refractivity contribution in [2.75, 3.05) is 13.2 Å². The Balaban J connectivity index is 1.91. The van der Waals surface area contributed by atoms with Crippen LogP contribution in [0.1, 0.15) is 20.1 Å². The number of rotatable bonds is 4. The maximum atomic E-state index is 12.0. The second-order valence-electron chi connectivity index (χ2n) is 3.71. The first-order valence-electron chi connectivity index (χ1n) is 5.79. The number of nitrogens with one attached hydrogen (secondary N) is 1. The summed E-state index contributed by atoms with van der Waals surface area (Å²) in [6.45, 7) is 0.416. The van der Waals surface area contributed by atoms with Gasteiger partial charge in [0, 0.05) is 17.0 Å². The summed E-state index contributed by atoms with van der Waals surface area (Å²) in [5.74, 6) is 5.23. The molecule has 0 saturated carbocycles. The van der Waals surface area contributed by atoms with E-state index in [-0.39, 0.29) is 12.5 Å². The van der Waals surface area contributed by atoms with Crippen LogP contribution in [0, 0.1) is 11.8 Å². The molecule has 5 heteroatoms. The Bertz CT molecular complexity index is 590. The van der Waals surface area contributed by atoms with Crippen molar-refractivity contribution in [3.05, 3.63) is 44.3 Å². The summed E-state index contributed by atoms with van der Waals surface area (Å²) in [5, 5.41) is 15.4. The second-order valence-corrected chi connectivity index (χ2v) is 5.66. The predicted molar refractivity (Wildman–Crippen MR) is 78.6 cm³/mol. The zero-order valence-electron chi connectivity index (χ0n) is 10.2. The molecule has 1 amide bonds. The van der Waals surface area contributed by atoms with Crippen LogP contribution in [0.3, 0.4) is 0 Å². The van der Waals surface area contributed by atoms with Crippen LogP contribution in [0.15, 0.2) is 29.0 Å². The van der Waals surface area contributed by atoms with Gasteiger partial charge in [0.05, 0.1) is 0 Å². The van der Waals surface area contributed by atoms with Gasteiger partial charge in [-0.3, -0.25) is 4.79 Å². The molecule has 0 saturated heterocycles. The number of amides is 1. The Kier molecular flexibility index (Phi) is 5.16. The molecule has 0 unspecified atom stereocenters. The largest absolute Gasteiger partial charge is 0.384 e. The van der Waals surface area contributed by atoms with E-state index in [2.05, 4.69) is 23.2 Å². The molecule has 0 atom stereocenters. The van der Waals surface area contributed by atoms with Crippen molar-refractivity contribution in [1.29, 1.82) is 0 Å². The molecule has 0 aromatic carbocycles. The minimum absolute atomic E-state index is 0.103. The fourth-order valence-corrected chi connectivity index (χ4v) is 3.03. The van der Waals surface area contributed by atoms with Crippen LogP contribution in [0.4, 0.5) is 0 Å². The monoisotopic (exact) mass is 291 g/mol. The van der Waals surface area contributed by atoms with Crippen LogP contribution in [-0.4, -0.2) is 24.2 Å². The van der Waals surface area contributed by atoms with E-state index in [9.17, 15) is 4.79 Å². The van der Waals surface area contributed by atoms with Crippen molar-refractivity contribution in [3.8, 4) is 11.8 Å². The number of carbonyl (C=O) groups excluding carboxylic acids is 1. The highest BCUT2D eigenvalue weighted by molar-refractivity contribution is 7.12. The summed E-state index contributed by atoms with van der Waals surface area (Å²) in [6, 6.07) is 5.85. The summed E-state index contributed by atoms with van der Waals surface area (Å²) < 4.78 is 0. The van der Waals surface area contributed by atoms with Crippen LogP contribution in [-0.2, 0) is 6.42 Å². The molecule has 0 fully saturated rings. The van der Waals surface area contributed by atoms with Crippen molar-refractivity contribution in [1.82, 2.24) is 5.32 Å². The molecule has 0 aliphatic carbocycles. The molecule has 2 rings (SSSR count). The molecule has 2 aromatic heterocycles. The minimum Gasteiger partial charge on any atom is -0.384 e. The number of thiophene rings is 2. The number of aliphatic hydroxyl groups is 1. The topological polar surface area (TPSA) is 49.3 Å². The van der Waals surface area contributed by atoms with E-state index in [1.807, 2.05) is 16.8 Å². The Hall–Kier alpha value is -1.61. The second kappa shape index (κ2) is 7.10. The van der Waals surface area contributed by atoms with Crippen molar-refractivity contribution in [2.45, 2.75) is 6.42 Å². The number of carbonyl (C=O) groups is 1. The van der Waals surface area contributed by atoms with Crippen molar-refractivity contribution >= 4 is 28.6 Å². The fraction of sp³-hybridized carbons (Fsp3) is 0.214. The lowest BCUT2D eigenvalue weighted by Crippen LogP contribution is -2.25. The highest BCUT2D eigenvalue weighted by Gasteiger charge is 2.11. The van der Waals surface area contributed by atoms with Crippen LogP contribution >= 0.6 is 22.7 Å². The molecule has 2 aromatic rings. The Morgan fingerprint density at radius 3 is 2.95 bits per heavy atom. The van der Waals surface area contributed by atoms with E-state index < -0.39 is 0 Å². The van der Waals surface area contributed by atoms with Crippen molar-refractivity contribution in [2.24, 2.45) is 0 Å². The predicted octanol–water partition coefficient (Wildman–Crippen LogP) is 2.13. The third-order valence-electron chi connectivity index (χ3n) is 2.41.